The summed E-state index contributed by atoms with van der Waals surface area (Å²) in [6.45, 7) is 8.61. The molecule has 0 unspecified atom stereocenters. The van der Waals surface area contributed by atoms with Crippen molar-refractivity contribution in [3.63, 3.8) is 0 Å². The highest BCUT2D eigenvalue weighted by molar-refractivity contribution is 5.73. The molecule has 2 rings (SSSR count). The van der Waals surface area contributed by atoms with Crippen LogP contribution in [-0.4, -0.2) is 16.9 Å². The van der Waals surface area contributed by atoms with Gasteiger partial charge in [-0.3, -0.25) is 4.79 Å². The first-order chi connectivity index (χ1) is 9.95. The van der Waals surface area contributed by atoms with Crippen molar-refractivity contribution in [3.05, 3.63) is 45.9 Å². The highest BCUT2D eigenvalue weighted by Gasteiger charge is 2.19. The molecule has 0 N–H and O–H groups in total. The van der Waals surface area contributed by atoms with Crippen LogP contribution in [0.5, 0.6) is 5.75 Å². The average Bonchev–Trinajstić information content (AvgIpc) is 2.42. The molecule has 4 heteroatoms. The Balaban J connectivity index is 2.77. The van der Waals surface area contributed by atoms with Gasteiger partial charge >= 0.3 is 0 Å². The van der Waals surface area contributed by atoms with Gasteiger partial charge in [0.25, 0.3) is 5.56 Å². The summed E-state index contributed by atoms with van der Waals surface area (Å²) in [4.78, 5) is 12.8. The third kappa shape index (κ3) is 2.99. The molecule has 21 heavy (non-hydrogen) atoms. The Kier molecular flexibility index (Phi) is 4.46. The van der Waals surface area contributed by atoms with Gasteiger partial charge in [0.15, 0.2) is 5.75 Å². The van der Waals surface area contributed by atoms with Gasteiger partial charge in [-0.15, -0.1) is 0 Å². The lowest BCUT2D eigenvalue weighted by molar-refractivity contribution is 0.396. The molecule has 0 saturated heterocycles. The second-order valence-corrected chi connectivity index (χ2v) is 5.69. The molecular weight excluding hydrogens is 264 g/mol. The van der Waals surface area contributed by atoms with Crippen LogP contribution in [0.25, 0.3) is 11.1 Å². The van der Waals surface area contributed by atoms with Crippen LogP contribution >= 0.6 is 0 Å². The molecule has 0 amide bonds. The molecule has 0 radical (unpaired) electrons. The van der Waals surface area contributed by atoms with Gasteiger partial charge in [-0.25, -0.2) is 4.68 Å². The van der Waals surface area contributed by atoms with Gasteiger partial charge < -0.3 is 4.74 Å². The quantitative estimate of drug-likeness (QED) is 0.867. The van der Waals surface area contributed by atoms with Crippen LogP contribution in [0.15, 0.2) is 29.1 Å². The first-order valence-corrected chi connectivity index (χ1v) is 7.17. The molecule has 1 heterocycles. The molecule has 112 valence electrons. The van der Waals surface area contributed by atoms with E-state index in [-0.39, 0.29) is 5.56 Å². The zero-order chi connectivity index (χ0) is 15.6. The summed E-state index contributed by atoms with van der Waals surface area (Å²) in [6.07, 6.45) is 0. The molecule has 0 atom stereocenters. The van der Waals surface area contributed by atoms with E-state index in [1.165, 1.54) is 0 Å². The van der Waals surface area contributed by atoms with E-state index >= 15 is 0 Å². The van der Waals surface area contributed by atoms with Crippen LogP contribution in [0.3, 0.4) is 0 Å². The van der Waals surface area contributed by atoms with E-state index in [9.17, 15) is 4.79 Å². The van der Waals surface area contributed by atoms with E-state index in [2.05, 4.69) is 18.9 Å². The van der Waals surface area contributed by atoms with Crippen molar-refractivity contribution in [3.8, 4) is 16.9 Å². The first kappa shape index (κ1) is 15.3. The number of benzene rings is 1. The molecule has 0 aliphatic carbocycles. The van der Waals surface area contributed by atoms with E-state index in [0.717, 1.165) is 16.8 Å². The van der Waals surface area contributed by atoms with Crippen molar-refractivity contribution in [1.82, 2.24) is 9.78 Å². The van der Waals surface area contributed by atoms with Crippen molar-refractivity contribution in [2.75, 3.05) is 7.11 Å². The van der Waals surface area contributed by atoms with Gasteiger partial charge in [0.2, 0.25) is 0 Å². The summed E-state index contributed by atoms with van der Waals surface area (Å²) in [5.41, 5.74) is 3.19. The van der Waals surface area contributed by atoms with E-state index in [1.54, 1.807) is 11.8 Å². The minimum absolute atomic E-state index is 0.0968. The normalized spacial score (nSPS) is 11.0. The minimum Gasteiger partial charge on any atom is -0.494 e. The molecule has 0 fully saturated rings. The number of aryl methyl sites for hydroxylation is 2. The lowest BCUT2D eigenvalue weighted by atomic mass is 10.0. The van der Waals surface area contributed by atoms with Crippen LogP contribution in [0.1, 0.15) is 25.1 Å². The second-order valence-electron chi connectivity index (χ2n) is 5.69. The van der Waals surface area contributed by atoms with E-state index in [4.69, 9.17) is 4.74 Å². The summed E-state index contributed by atoms with van der Waals surface area (Å²) < 4.78 is 7.00. The van der Waals surface area contributed by atoms with Crippen molar-refractivity contribution < 1.29 is 4.74 Å². The fourth-order valence-electron chi connectivity index (χ4n) is 2.49. The largest absolute Gasteiger partial charge is 0.494 e. The molecule has 2 aromatic rings. The molecule has 0 saturated carbocycles. The molecule has 0 aliphatic rings. The van der Waals surface area contributed by atoms with Gasteiger partial charge in [0.05, 0.1) is 12.7 Å². The van der Waals surface area contributed by atoms with Crippen molar-refractivity contribution in [1.29, 1.82) is 0 Å². The SMILES string of the molecule is COc1c(C)nn(CC(C)C)c(=O)c1-c1ccccc1C. The predicted molar refractivity (Wildman–Crippen MR) is 84.8 cm³/mol. The highest BCUT2D eigenvalue weighted by atomic mass is 16.5. The zero-order valence-electron chi connectivity index (χ0n) is 13.3. The summed E-state index contributed by atoms with van der Waals surface area (Å²) in [5, 5.41) is 4.38. The Morgan fingerprint density at radius 3 is 2.48 bits per heavy atom. The van der Waals surface area contributed by atoms with E-state index in [1.807, 2.05) is 38.1 Å². The molecule has 0 spiro atoms. The number of methoxy groups -OCH3 is 1. The maximum Gasteiger partial charge on any atom is 0.278 e. The van der Waals surface area contributed by atoms with Crippen molar-refractivity contribution in [2.24, 2.45) is 5.92 Å². The van der Waals surface area contributed by atoms with Crippen LogP contribution in [0.2, 0.25) is 0 Å². The maximum atomic E-state index is 12.8. The maximum absolute atomic E-state index is 12.8. The first-order valence-electron chi connectivity index (χ1n) is 7.17. The summed E-state index contributed by atoms with van der Waals surface area (Å²) in [7, 11) is 1.58. The van der Waals surface area contributed by atoms with Crippen LogP contribution < -0.4 is 10.3 Å². The molecule has 1 aromatic carbocycles. The van der Waals surface area contributed by atoms with Gasteiger partial charge in [0, 0.05) is 6.54 Å². The standard InChI is InChI=1S/C17H22N2O2/c1-11(2)10-19-17(20)15(16(21-5)13(4)18-19)14-9-7-6-8-12(14)3/h6-9,11H,10H2,1-5H3. The number of rotatable bonds is 4. The molecule has 1 aromatic heterocycles. The molecular formula is C17H22N2O2. The highest BCUT2D eigenvalue weighted by Crippen LogP contribution is 2.30. The number of hydrogen-bond donors (Lipinski definition) is 0. The Morgan fingerprint density at radius 1 is 1.24 bits per heavy atom. The predicted octanol–water partition coefficient (Wildman–Crippen LogP) is 3.19. The molecule has 0 bridgehead atoms. The van der Waals surface area contributed by atoms with E-state index in [0.29, 0.717) is 23.8 Å². The fourth-order valence-corrected chi connectivity index (χ4v) is 2.49. The van der Waals surface area contributed by atoms with Gasteiger partial charge in [-0.1, -0.05) is 38.1 Å². The lowest BCUT2D eigenvalue weighted by Gasteiger charge is -2.16. The average molecular weight is 286 g/mol. The van der Waals surface area contributed by atoms with Gasteiger partial charge in [0.1, 0.15) is 5.69 Å². The van der Waals surface area contributed by atoms with Crippen LogP contribution in [-0.2, 0) is 6.54 Å². The number of ether oxygens (including phenoxy) is 1. The third-order valence-electron chi connectivity index (χ3n) is 3.43. The molecule has 0 aliphatic heterocycles. The van der Waals surface area contributed by atoms with E-state index < -0.39 is 0 Å². The smallest absolute Gasteiger partial charge is 0.278 e. The van der Waals surface area contributed by atoms with Gasteiger partial charge in [-0.2, -0.15) is 5.10 Å². The Hall–Kier alpha value is -2.10. The number of aromatic nitrogens is 2. The van der Waals surface area contributed by atoms with Crippen molar-refractivity contribution in [2.45, 2.75) is 34.2 Å². The minimum atomic E-state index is -0.0968. The lowest BCUT2D eigenvalue weighted by Crippen LogP contribution is -2.28. The van der Waals surface area contributed by atoms with Crippen molar-refractivity contribution >= 4 is 0 Å². The Labute approximate surface area is 125 Å². The summed E-state index contributed by atoms with van der Waals surface area (Å²) >= 11 is 0. The fraction of sp³-hybridized carbons (Fsp3) is 0.412. The van der Waals surface area contributed by atoms with Crippen LogP contribution in [0, 0.1) is 19.8 Å². The monoisotopic (exact) mass is 286 g/mol. The number of nitrogens with zero attached hydrogens (tertiary/aromatic N) is 2. The Bertz CT molecular complexity index is 702. The van der Waals surface area contributed by atoms with Crippen LogP contribution in [0.4, 0.5) is 0 Å². The van der Waals surface area contributed by atoms with Gasteiger partial charge in [-0.05, 0) is 30.9 Å². The summed E-state index contributed by atoms with van der Waals surface area (Å²) in [5.74, 6) is 0.919. The third-order valence-corrected chi connectivity index (χ3v) is 3.43. The second kappa shape index (κ2) is 6.12. The number of hydrogen-bond acceptors (Lipinski definition) is 3. The molecule has 4 nitrogen and oxygen atoms in total. The zero-order valence-corrected chi connectivity index (χ0v) is 13.3. The topological polar surface area (TPSA) is 44.1 Å². The summed E-state index contributed by atoms with van der Waals surface area (Å²) in [6, 6.07) is 7.85. The Morgan fingerprint density at radius 2 is 1.90 bits per heavy atom.